The lowest BCUT2D eigenvalue weighted by Crippen LogP contribution is -2.39. The fourth-order valence-electron chi connectivity index (χ4n) is 2.98. The molecule has 3 N–H and O–H groups in total. The maximum Gasteiger partial charge on any atom is 0.249 e. The summed E-state index contributed by atoms with van der Waals surface area (Å²) in [7, 11) is 0. The van der Waals surface area contributed by atoms with E-state index in [1.54, 1.807) is 0 Å². The third-order valence-corrected chi connectivity index (χ3v) is 4.79. The van der Waals surface area contributed by atoms with Gasteiger partial charge in [0.25, 0.3) is 0 Å². The van der Waals surface area contributed by atoms with Gasteiger partial charge in [-0.05, 0) is 43.4 Å². The number of halogens is 1. The van der Waals surface area contributed by atoms with Gasteiger partial charge in [0.2, 0.25) is 5.91 Å². The maximum absolute atomic E-state index is 12.2. The maximum atomic E-state index is 12.2. The van der Waals surface area contributed by atoms with E-state index in [0.717, 1.165) is 30.7 Å². The van der Waals surface area contributed by atoms with Crippen LogP contribution in [0.15, 0.2) is 24.3 Å². The largest absolute Gasteiger partial charge is 0.364 e. The van der Waals surface area contributed by atoms with Gasteiger partial charge >= 0.3 is 0 Å². The summed E-state index contributed by atoms with van der Waals surface area (Å²) in [6, 6.07) is 7.92. The first-order valence-corrected chi connectivity index (χ1v) is 7.90. The Morgan fingerprint density at radius 1 is 1.43 bits per heavy atom. The molecule has 1 aromatic rings. The Kier molecular flexibility index (Phi) is 4.20. The second-order valence-electron chi connectivity index (χ2n) is 6.07. The zero-order valence-corrected chi connectivity index (χ0v) is 12.7. The minimum atomic E-state index is -0.339. The first-order chi connectivity index (χ1) is 10.1. The minimum absolute atomic E-state index is 0.0146. The molecular weight excluding hydrogens is 288 g/mol. The molecule has 3 rings (SSSR count). The average Bonchev–Trinajstić information content (AvgIpc) is 3.13. The molecule has 0 bridgehead atoms. The van der Waals surface area contributed by atoms with Crippen molar-refractivity contribution >= 4 is 17.5 Å². The van der Waals surface area contributed by atoms with Crippen LogP contribution in [0.1, 0.15) is 31.2 Å². The number of amides is 1. The van der Waals surface area contributed by atoms with E-state index in [-0.39, 0.29) is 23.5 Å². The van der Waals surface area contributed by atoms with Crippen molar-refractivity contribution in [1.29, 1.82) is 0 Å². The minimum Gasteiger partial charge on any atom is -0.364 e. The van der Waals surface area contributed by atoms with Crippen LogP contribution in [0.4, 0.5) is 0 Å². The Hall–Kier alpha value is -1.10. The zero-order valence-electron chi connectivity index (χ0n) is 12.0. The third kappa shape index (κ3) is 3.23. The molecule has 1 aliphatic carbocycles. The molecule has 4 nitrogen and oxygen atoms in total. The fraction of sp³-hybridized carbons (Fsp3) is 0.562. The highest BCUT2D eigenvalue weighted by Crippen LogP contribution is 2.48. The Labute approximate surface area is 130 Å². The van der Waals surface area contributed by atoms with E-state index in [9.17, 15) is 4.79 Å². The van der Waals surface area contributed by atoms with Crippen molar-refractivity contribution in [2.45, 2.75) is 43.3 Å². The van der Waals surface area contributed by atoms with Crippen LogP contribution in [0.5, 0.6) is 0 Å². The summed E-state index contributed by atoms with van der Waals surface area (Å²) in [4.78, 5) is 12.2. The van der Waals surface area contributed by atoms with Crippen molar-refractivity contribution in [3.05, 3.63) is 34.9 Å². The number of benzene rings is 1. The molecule has 0 unspecified atom stereocenters. The predicted molar refractivity (Wildman–Crippen MR) is 82.3 cm³/mol. The molecule has 1 saturated carbocycles. The number of carbonyl (C=O) groups excluding carboxylic acids is 1. The van der Waals surface area contributed by atoms with E-state index in [1.807, 2.05) is 18.2 Å². The number of nitrogens with two attached hydrogens (primary N) is 1. The highest BCUT2D eigenvalue weighted by Gasteiger charge is 2.45. The lowest BCUT2D eigenvalue weighted by atomic mass is 9.96. The number of carbonyl (C=O) groups is 1. The number of nitrogens with one attached hydrogen (secondary N) is 1. The van der Waals surface area contributed by atoms with Crippen molar-refractivity contribution < 1.29 is 9.53 Å². The summed E-state index contributed by atoms with van der Waals surface area (Å²) in [5.74, 6) is -0.0146. The van der Waals surface area contributed by atoms with Crippen LogP contribution in [0, 0.1) is 0 Å². The van der Waals surface area contributed by atoms with Crippen LogP contribution in [-0.2, 0) is 14.9 Å². The van der Waals surface area contributed by atoms with Gasteiger partial charge in [-0.15, -0.1) is 0 Å². The van der Waals surface area contributed by atoms with Crippen LogP contribution in [0.2, 0.25) is 5.02 Å². The van der Waals surface area contributed by atoms with E-state index < -0.39 is 0 Å². The van der Waals surface area contributed by atoms with E-state index in [2.05, 4.69) is 11.4 Å². The van der Waals surface area contributed by atoms with Gasteiger partial charge in [0, 0.05) is 23.5 Å². The number of ether oxygens (including phenoxy) is 1. The van der Waals surface area contributed by atoms with Crippen LogP contribution in [-0.4, -0.2) is 31.2 Å². The SMILES string of the molecule is NC[C@H]1CC[C@@H](C(=O)NCC2(c3cccc(Cl)c3)CC2)O1. The molecule has 0 spiro atoms. The molecule has 0 radical (unpaired) electrons. The average molecular weight is 309 g/mol. The molecule has 1 aliphatic heterocycles. The van der Waals surface area contributed by atoms with Crippen molar-refractivity contribution in [2.24, 2.45) is 5.73 Å². The summed E-state index contributed by atoms with van der Waals surface area (Å²) in [5, 5.41) is 3.79. The summed E-state index contributed by atoms with van der Waals surface area (Å²) in [5.41, 5.74) is 6.84. The first-order valence-electron chi connectivity index (χ1n) is 7.52. The van der Waals surface area contributed by atoms with Crippen molar-refractivity contribution in [1.82, 2.24) is 5.32 Å². The molecule has 5 heteroatoms. The second-order valence-corrected chi connectivity index (χ2v) is 6.50. The molecule has 21 heavy (non-hydrogen) atoms. The topological polar surface area (TPSA) is 64.4 Å². The number of rotatable bonds is 5. The molecule has 2 fully saturated rings. The van der Waals surface area contributed by atoms with Crippen molar-refractivity contribution in [3.8, 4) is 0 Å². The fourth-order valence-corrected chi connectivity index (χ4v) is 3.17. The Morgan fingerprint density at radius 2 is 2.24 bits per heavy atom. The monoisotopic (exact) mass is 308 g/mol. The highest BCUT2D eigenvalue weighted by atomic mass is 35.5. The molecule has 1 aromatic carbocycles. The van der Waals surface area contributed by atoms with Gasteiger partial charge in [0.15, 0.2) is 0 Å². The molecule has 0 aromatic heterocycles. The summed E-state index contributed by atoms with van der Waals surface area (Å²) in [6.07, 6.45) is 3.50. The van der Waals surface area contributed by atoms with E-state index in [0.29, 0.717) is 13.1 Å². The van der Waals surface area contributed by atoms with Crippen LogP contribution in [0.3, 0.4) is 0 Å². The second kappa shape index (κ2) is 5.95. The lowest BCUT2D eigenvalue weighted by Gasteiger charge is -2.19. The van der Waals surface area contributed by atoms with Gasteiger partial charge in [0.1, 0.15) is 6.10 Å². The van der Waals surface area contributed by atoms with E-state index in [1.165, 1.54) is 5.56 Å². The third-order valence-electron chi connectivity index (χ3n) is 4.55. The normalized spacial score (nSPS) is 26.6. The summed E-state index contributed by atoms with van der Waals surface area (Å²) in [6.45, 7) is 1.13. The van der Waals surface area contributed by atoms with Gasteiger partial charge in [0.05, 0.1) is 6.10 Å². The summed E-state index contributed by atoms with van der Waals surface area (Å²) < 4.78 is 5.62. The van der Waals surface area contributed by atoms with Crippen LogP contribution >= 0.6 is 11.6 Å². The Morgan fingerprint density at radius 3 is 2.86 bits per heavy atom. The van der Waals surface area contributed by atoms with Gasteiger partial charge in [-0.1, -0.05) is 23.7 Å². The van der Waals surface area contributed by atoms with Crippen molar-refractivity contribution in [3.63, 3.8) is 0 Å². The van der Waals surface area contributed by atoms with Gasteiger partial charge in [-0.2, -0.15) is 0 Å². The lowest BCUT2D eigenvalue weighted by molar-refractivity contribution is -0.131. The van der Waals surface area contributed by atoms with Gasteiger partial charge < -0.3 is 15.8 Å². The first kappa shape index (κ1) is 14.8. The van der Waals surface area contributed by atoms with Crippen molar-refractivity contribution in [2.75, 3.05) is 13.1 Å². The van der Waals surface area contributed by atoms with Gasteiger partial charge in [-0.3, -0.25) is 4.79 Å². The van der Waals surface area contributed by atoms with Crippen LogP contribution < -0.4 is 11.1 Å². The summed E-state index contributed by atoms with van der Waals surface area (Å²) >= 11 is 6.06. The molecule has 2 aliphatic rings. The predicted octanol–water partition coefficient (Wildman–Crippen LogP) is 1.99. The smallest absolute Gasteiger partial charge is 0.249 e. The molecular formula is C16H21ClN2O2. The molecule has 2 atom stereocenters. The quantitative estimate of drug-likeness (QED) is 0.874. The molecule has 1 saturated heterocycles. The highest BCUT2D eigenvalue weighted by molar-refractivity contribution is 6.30. The zero-order chi connectivity index (χ0) is 14.9. The van der Waals surface area contributed by atoms with E-state index in [4.69, 9.17) is 22.1 Å². The van der Waals surface area contributed by atoms with Gasteiger partial charge in [-0.25, -0.2) is 0 Å². The standard InChI is InChI=1S/C16H21ClN2O2/c17-12-3-1-2-11(8-12)16(6-7-16)10-19-15(20)14-5-4-13(9-18)21-14/h1-3,8,13-14H,4-7,9-10,18H2,(H,19,20)/t13-,14+/m1/s1. The van der Waals surface area contributed by atoms with E-state index >= 15 is 0 Å². The molecule has 1 amide bonds. The number of hydrogen-bond donors (Lipinski definition) is 2. The Bertz CT molecular complexity index is 531. The molecule has 114 valence electrons. The Balaban J connectivity index is 1.56. The molecule has 1 heterocycles. The van der Waals surface area contributed by atoms with Crippen LogP contribution in [0.25, 0.3) is 0 Å². The number of hydrogen-bond acceptors (Lipinski definition) is 3.